The lowest BCUT2D eigenvalue weighted by Gasteiger charge is -2.56. The van der Waals surface area contributed by atoms with Gasteiger partial charge in [-0.05, 0) is 46.2 Å². The van der Waals surface area contributed by atoms with Gasteiger partial charge < -0.3 is 50.1 Å². The van der Waals surface area contributed by atoms with Crippen molar-refractivity contribution >= 4 is 70.1 Å². The van der Waals surface area contributed by atoms with Gasteiger partial charge in [-0.25, -0.2) is 14.3 Å². The molecule has 22 nitrogen and oxygen atoms in total. The number of thioether (sulfide) groups is 2. The molecule has 0 bridgehead atoms. The number of nitrogens with zero attached hydrogens (tertiary/aromatic N) is 5. The smallest absolute Gasteiger partial charge is 0.352 e. The van der Waals surface area contributed by atoms with Crippen molar-refractivity contribution in [3.63, 3.8) is 0 Å². The van der Waals surface area contributed by atoms with E-state index in [0.717, 1.165) is 52.3 Å². The second-order valence-electron chi connectivity index (χ2n) is 12.8. The predicted molar refractivity (Wildman–Crippen MR) is 201 cm³/mol. The van der Waals surface area contributed by atoms with E-state index in [1.54, 1.807) is 6.92 Å². The Kier molecular flexibility index (Phi) is 12.1. The van der Waals surface area contributed by atoms with Crippen LogP contribution in [0.5, 0.6) is 17.2 Å². The van der Waals surface area contributed by atoms with Crippen LogP contribution in [0.15, 0.2) is 62.0 Å². The molecule has 4 heterocycles. The number of methoxy groups -OCH3 is 1. The summed E-state index contributed by atoms with van der Waals surface area (Å²) in [4.78, 5) is 92.0. The average molecular weight is 856 g/mol. The molecule has 0 radical (unpaired) electrons. The van der Waals surface area contributed by atoms with Crippen LogP contribution in [0.25, 0.3) is 11.0 Å². The number of aromatic nitrogens is 4. The highest BCUT2D eigenvalue weighted by molar-refractivity contribution is 8.01. The standard InChI is InChI=1S/C35H33N7O15S2/c1-3-4-21-25(28(49)18-9-19(43)20(44)10-22(18)57-21)29(50)36-26(15-5-7-17(8-6-15)56-12-24(47)48)30(51)37-35(55-2)32(54)42-27(31(52)53)16(13-58-33(35)42)14-59-34-38-39-40-41(34)11-23(45)46/h5-10,26,33,43-44H,3-4,11-14H2,1-2H3,(H,36,50)(H,37,51)(H,45,46)(H,47,48)(H,52,53)/t26?,33-,35+/m1/s1. The van der Waals surface area contributed by atoms with E-state index in [1.165, 1.54) is 24.3 Å². The van der Waals surface area contributed by atoms with E-state index >= 15 is 0 Å². The summed E-state index contributed by atoms with van der Waals surface area (Å²) in [6, 6.07) is 5.52. The first kappa shape index (κ1) is 42.0. The molecule has 2 aromatic carbocycles. The molecule has 1 saturated heterocycles. The van der Waals surface area contributed by atoms with Gasteiger partial charge in [-0.15, -0.1) is 16.9 Å². The molecular formula is C35H33N7O15S2. The number of amides is 3. The molecule has 2 aromatic heterocycles. The van der Waals surface area contributed by atoms with Crippen LogP contribution in [0, 0.1) is 0 Å². The van der Waals surface area contributed by atoms with Gasteiger partial charge in [0.2, 0.25) is 16.5 Å². The zero-order chi connectivity index (χ0) is 42.8. The summed E-state index contributed by atoms with van der Waals surface area (Å²) in [5, 5.41) is 63.0. The Bertz CT molecular complexity index is 2470. The first-order valence-corrected chi connectivity index (χ1v) is 19.3. The Labute approximate surface area is 339 Å². The zero-order valence-corrected chi connectivity index (χ0v) is 32.4. The van der Waals surface area contributed by atoms with Gasteiger partial charge in [0.1, 0.15) is 46.3 Å². The Morgan fingerprint density at radius 3 is 2.42 bits per heavy atom. The highest BCUT2D eigenvalue weighted by atomic mass is 32.2. The molecule has 2 aliphatic heterocycles. The first-order valence-electron chi connectivity index (χ1n) is 17.3. The first-order chi connectivity index (χ1) is 28.1. The minimum absolute atomic E-state index is 0.00774. The number of hydrogen-bond acceptors (Lipinski definition) is 17. The maximum absolute atomic E-state index is 14.4. The number of tetrazole rings is 1. The maximum Gasteiger partial charge on any atom is 0.352 e. The molecule has 0 spiro atoms. The molecule has 0 saturated carbocycles. The van der Waals surface area contributed by atoms with Crippen LogP contribution in [-0.4, -0.2) is 123 Å². The van der Waals surface area contributed by atoms with Crippen molar-refractivity contribution in [1.82, 2.24) is 35.7 Å². The third-order valence-electron chi connectivity index (χ3n) is 8.98. The van der Waals surface area contributed by atoms with Gasteiger partial charge in [0.05, 0.1) is 5.39 Å². The number of carbonyl (C=O) groups is 6. The number of β-lactam (4-membered cyclic amide) rings is 1. The lowest BCUT2D eigenvalue weighted by molar-refractivity contribution is -0.192. The normalized spacial score (nSPS) is 17.8. The molecule has 24 heteroatoms. The second-order valence-corrected chi connectivity index (χ2v) is 14.8. The zero-order valence-electron chi connectivity index (χ0n) is 30.7. The fourth-order valence-corrected chi connectivity index (χ4v) is 8.75. The largest absolute Gasteiger partial charge is 0.504 e. The van der Waals surface area contributed by atoms with Gasteiger partial charge in [-0.3, -0.25) is 28.9 Å². The lowest BCUT2D eigenvalue weighted by Crippen LogP contribution is -2.81. The fraction of sp³-hybridized carbons (Fsp3) is 0.314. The quantitative estimate of drug-likeness (QED) is 0.0332. The number of phenols is 2. The fourth-order valence-electron chi connectivity index (χ4n) is 6.29. The van der Waals surface area contributed by atoms with Crippen molar-refractivity contribution in [2.24, 2.45) is 0 Å². The maximum atomic E-state index is 14.4. The van der Waals surface area contributed by atoms with Crippen LogP contribution in [0.4, 0.5) is 0 Å². The Hall–Kier alpha value is -6.66. The minimum atomic E-state index is -2.17. The van der Waals surface area contributed by atoms with Crippen LogP contribution in [0.3, 0.4) is 0 Å². The molecule has 59 heavy (non-hydrogen) atoms. The van der Waals surface area contributed by atoms with Gasteiger partial charge in [-0.1, -0.05) is 30.8 Å². The number of aryl methyl sites for hydroxylation is 1. The Morgan fingerprint density at radius 2 is 1.78 bits per heavy atom. The van der Waals surface area contributed by atoms with Gasteiger partial charge in [0, 0.05) is 31.1 Å². The molecule has 2 aliphatic rings. The molecule has 1 fully saturated rings. The van der Waals surface area contributed by atoms with E-state index in [0.29, 0.717) is 6.42 Å². The van der Waals surface area contributed by atoms with Crippen molar-refractivity contribution in [3.8, 4) is 17.2 Å². The van der Waals surface area contributed by atoms with Crippen molar-refractivity contribution < 1.29 is 68.2 Å². The molecular weight excluding hydrogens is 823 g/mol. The molecule has 7 N–H and O–H groups in total. The molecule has 4 aromatic rings. The van der Waals surface area contributed by atoms with E-state index in [2.05, 4.69) is 26.2 Å². The number of benzene rings is 2. The summed E-state index contributed by atoms with van der Waals surface area (Å²) in [5.74, 6) is -8.36. The van der Waals surface area contributed by atoms with Gasteiger partial charge in [-0.2, -0.15) is 0 Å². The number of hydrogen-bond donors (Lipinski definition) is 7. The molecule has 310 valence electrons. The molecule has 1 unspecified atom stereocenters. The SMILES string of the molecule is CCCc1oc2cc(O)c(O)cc2c(=O)c1C(=O)NC(C(=O)N[C@]1(OC)C(=O)N2C(C(=O)O)=C(CSc3nnnn3CC(=O)O)CS[C@@H]21)c1ccc(OCC(=O)O)cc1. The molecule has 3 amide bonds. The average Bonchev–Trinajstić information content (AvgIpc) is 3.63. The summed E-state index contributed by atoms with van der Waals surface area (Å²) < 4.78 is 17.6. The van der Waals surface area contributed by atoms with Gasteiger partial charge >= 0.3 is 17.9 Å². The topological polar surface area (TPSA) is 323 Å². The second kappa shape index (κ2) is 17.1. The number of aliphatic carboxylic acids is 3. The molecule has 0 aliphatic carbocycles. The number of fused-ring (bicyclic) bond motifs is 2. The van der Waals surface area contributed by atoms with E-state index in [4.69, 9.17) is 24.1 Å². The van der Waals surface area contributed by atoms with E-state index in [9.17, 15) is 48.9 Å². The molecule has 3 atom stereocenters. The number of phenolic OH excluding ortho intramolecular Hbond substituents is 2. The summed E-state index contributed by atoms with van der Waals surface area (Å²) in [7, 11) is 1.11. The highest BCUT2D eigenvalue weighted by Gasteiger charge is 2.67. The Balaban J connectivity index is 1.32. The Morgan fingerprint density at radius 1 is 1.07 bits per heavy atom. The third kappa shape index (κ3) is 8.22. The van der Waals surface area contributed by atoms with Crippen LogP contribution in [-0.2, 0) is 41.7 Å². The van der Waals surface area contributed by atoms with Gasteiger partial charge in [0.15, 0.2) is 18.1 Å². The van der Waals surface area contributed by atoms with Crippen LogP contribution in [0.1, 0.15) is 41.1 Å². The number of rotatable bonds is 17. The summed E-state index contributed by atoms with van der Waals surface area (Å²) >= 11 is 1.99. The number of carboxylic acids is 3. The number of ether oxygens (including phenoxy) is 2. The highest BCUT2D eigenvalue weighted by Crippen LogP contribution is 2.47. The van der Waals surface area contributed by atoms with Crippen molar-refractivity contribution in [2.45, 2.75) is 48.6 Å². The van der Waals surface area contributed by atoms with E-state index < -0.39 is 94.1 Å². The number of aromatic hydroxyl groups is 2. The lowest BCUT2D eigenvalue weighted by atomic mass is 9.96. The summed E-state index contributed by atoms with van der Waals surface area (Å²) in [5.41, 5.74) is -3.78. The summed E-state index contributed by atoms with van der Waals surface area (Å²) in [6.45, 7) is 0.513. The predicted octanol–water partition coefficient (Wildman–Crippen LogP) is 0.667. The number of nitrogens with one attached hydrogen (secondary N) is 2. The van der Waals surface area contributed by atoms with Crippen LogP contribution < -0.4 is 20.8 Å². The van der Waals surface area contributed by atoms with E-state index in [1.807, 2.05) is 0 Å². The van der Waals surface area contributed by atoms with Gasteiger partial charge in [0.25, 0.3) is 17.5 Å². The van der Waals surface area contributed by atoms with E-state index in [-0.39, 0.29) is 56.7 Å². The third-order valence-corrected chi connectivity index (χ3v) is 11.4. The minimum Gasteiger partial charge on any atom is -0.504 e. The van der Waals surface area contributed by atoms with Crippen molar-refractivity contribution in [2.75, 3.05) is 25.2 Å². The number of carboxylic acid groups (broad SMARTS) is 3. The monoisotopic (exact) mass is 855 g/mol. The van der Waals surface area contributed by atoms with Crippen LogP contribution in [0.2, 0.25) is 0 Å². The number of carbonyl (C=O) groups excluding carboxylic acids is 3. The summed E-state index contributed by atoms with van der Waals surface area (Å²) in [6.07, 6.45) is 0.461. The molecule has 6 rings (SSSR count). The van der Waals surface area contributed by atoms with Crippen molar-refractivity contribution in [3.05, 3.63) is 74.8 Å². The van der Waals surface area contributed by atoms with Crippen LogP contribution >= 0.6 is 23.5 Å². The van der Waals surface area contributed by atoms with Crippen molar-refractivity contribution in [1.29, 1.82) is 0 Å².